The zero-order chi connectivity index (χ0) is 12.4. The van der Waals surface area contributed by atoms with Crippen molar-refractivity contribution in [1.82, 2.24) is 0 Å². The second-order valence-electron chi connectivity index (χ2n) is 3.74. The first-order valence-corrected chi connectivity index (χ1v) is 6.43. The van der Waals surface area contributed by atoms with E-state index in [2.05, 4.69) is 15.9 Å². The van der Waals surface area contributed by atoms with Crippen LogP contribution in [0.4, 0.5) is 0 Å². The zero-order valence-corrected chi connectivity index (χ0v) is 11.9. The van der Waals surface area contributed by atoms with Crippen molar-refractivity contribution in [3.8, 4) is 5.75 Å². The van der Waals surface area contributed by atoms with Crippen molar-refractivity contribution in [2.75, 3.05) is 7.11 Å². The highest BCUT2D eigenvalue weighted by Crippen LogP contribution is 2.38. The minimum Gasteiger partial charge on any atom is -0.496 e. The molecule has 0 aliphatic rings. The van der Waals surface area contributed by atoms with E-state index in [0.717, 1.165) is 22.6 Å². The summed E-state index contributed by atoms with van der Waals surface area (Å²) in [4.78, 5) is 0.00796. The number of halogens is 2. The fourth-order valence-electron chi connectivity index (χ4n) is 1.68. The van der Waals surface area contributed by atoms with Gasteiger partial charge in [0, 0.05) is 16.1 Å². The summed E-state index contributed by atoms with van der Waals surface area (Å²) in [6, 6.07) is 7.55. The molecule has 0 fully saturated rings. The van der Waals surface area contributed by atoms with Crippen molar-refractivity contribution in [2.45, 2.75) is 11.8 Å². The Morgan fingerprint density at radius 1 is 1.35 bits per heavy atom. The van der Waals surface area contributed by atoms with Crippen molar-refractivity contribution in [1.29, 1.82) is 0 Å². The lowest BCUT2D eigenvalue weighted by atomic mass is 10.1. The molecule has 0 aliphatic carbocycles. The standard InChI is InChI=1S/C13H12BrClO2/c1-8-5-9(7-17-8)13(14)11-6-10(15)3-4-12(11)16-2/h3-7,13H,1-2H3. The van der Waals surface area contributed by atoms with E-state index in [4.69, 9.17) is 20.8 Å². The number of hydrogen-bond donors (Lipinski definition) is 0. The number of alkyl halides is 1. The van der Waals surface area contributed by atoms with Crippen LogP contribution in [0.25, 0.3) is 0 Å². The summed E-state index contributed by atoms with van der Waals surface area (Å²) in [7, 11) is 1.65. The molecule has 4 heteroatoms. The van der Waals surface area contributed by atoms with Gasteiger partial charge in [-0.25, -0.2) is 0 Å². The van der Waals surface area contributed by atoms with Crippen LogP contribution in [-0.4, -0.2) is 7.11 Å². The highest BCUT2D eigenvalue weighted by Gasteiger charge is 2.17. The smallest absolute Gasteiger partial charge is 0.123 e. The molecule has 2 nitrogen and oxygen atoms in total. The number of aryl methyl sites for hydroxylation is 1. The fraction of sp³-hybridized carbons (Fsp3) is 0.231. The van der Waals surface area contributed by atoms with Crippen LogP contribution in [0, 0.1) is 6.92 Å². The van der Waals surface area contributed by atoms with Crippen molar-refractivity contribution in [3.63, 3.8) is 0 Å². The molecule has 0 aliphatic heterocycles. The molecule has 1 aromatic carbocycles. The van der Waals surface area contributed by atoms with Crippen LogP contribution in [0.1, 0.15) is 21.7 Å². The molecule has 0 N–H and O–H groups in total. The van der Waals surface area contributed by atoms with Crippen LogP contribution >= 0.6 is 27.5 Å². The van der Waals surface area contributed by atoms with Gasteiger partial charge in [-0.2, -0.15) is 0 Å². The van der Waals surface area contributed by atoms with E-state index in [1.165, 1.54) is 0 Å². The quantitative estimate of drug-likeness (QED) is 0.764. The first kappa shape index (κ1) is 12.5. The third-order valence-electron chi connectivity index (χ3n) is 2.51. The van der Waals surface area contributed by atoms with Gasteiger partial charge in [-0.1, -0.05) is 27.5 Å². The Bertz CT molecular complexity index is 522. The monoisotopic (exact) mass is 314 g/mol. The van der Waals surface area contributed by atoms with Crippen LogP contribution in [0.3, 0.4) is 0 Å². The molecule has 0 spiro atoms. The minimum atomic E-state index is 0.00796. The van der Waals surface area contributed by atoms with Gasteiger partial charge >= 0.3 is 0 Å². The van der Waals surface area contributed by atoms with Gasteiger partial charge in [-0.05, 0) is 31.2 Å². The molecule has 1 heterocycles. The second kappa shape index (κ2) is 5.15. The van der Waals surface area contributed by atoms with E-state index < -0.39 is 0 Å². The summed E-state index contributed by atoms with van der Waals surface area (Å²) in [5.41, 5.74) is 2.03. The normalized spacial score (nSPS) is 12.5. The third kappa shape index (κ3) is 2.67. The number of benzene rings is 1. The van der Waals surface area contributed by atoms with E-state index in [9.17, 15) is 0 Å². The Morgan fingerprint density at radius 2 is 2.12 bits per heavy atom. The van der Waals surface area contributed by atoms with Crippen LogP contribution < -0.4 is 4.74 Å². The van der Waals surface area contributed by atoms with Crippen molar-refractivity contribution < 1.29 is 9.15 Å². The lowest BCUT2D eigenvalue weighted by Crippen LogP contribution is -1.96. The van der Waals surface area contributed by atoms with Gasteiger partial charge in [0.1, 0.15) is 11.5 Å². The van der Waals surface area contributed by atoms with E-state index in [1.807, 2.05) is 31.2 Å². The Kier molecular flexibility index (Phi) is 3.79. The molecule has 2 rings (SSSR count). The predicted octanol–water partition coefficient (Wildman–Crippen LogP) is 4.73. The van der Waals surface area contributed by atoms with Gasteiger partial charge in [0.15, 0.2) is 0 Å². The number of furan rings is 1. The summed E-state index contributed by atoms with van der Waals surface area (Å²) < 4.78 is 10.6. The average Bonchev–Trinajstić information content (AvgIpc) is 2.75. The molecule has 0 amide bonds. The van der Waals surface area contributed by atoms with E-state index >= 15 is 0 Å². The van der Waals surface area contributed by atoms with E-state index in [1.54, 1.807) is 13.4 Å². The summed E-state index contributed by atoms with van der Waals surface area (Å²) in [6.45, 7) is 1.92. The Hall–Kier alpha value is -0.930. The van der Waals surface area contributed by atoms with Crippen LogP contribution in [0.5, 0.6) is 5.75 Å². The van der Waals surface area contributed by atoms with Gasteiger partial charge < -0.3 is 9.15 Å². The van der Waals surface area contributed by atoms with E-state index in [-0.39, 0.29) is 4.83 Å². The van der Waals surface area contributed by atoms with Crippen LogP contribution in [0.15, 0.2) is 34.9 Å². The number of hydrogen-bond acceptors (Lipinski definition) is 2. The molecule has 1 atom stereocenters. The molecule has 2 aromatic rings. The second-order valence-corrected chi connectivity index (χ2v) is 5.09. The largest absolute Gasteiger partial charge is 0.496 e. The fourth-order valence-corrected chi connectivity index (χ4v) is 2.46. The minimum absolute atomic E-state index is 0.00796. The van der Waals surface area contributed by atoms with Gasteiger partial charge in [0.2, 0.25) is 0 Å². The van der Waals surface area contributed by atoms with Gasteiger partial charge in [0.05, 0.1) is 18.2 Å². The average molecular weight is 316 g/mol. The molecule has 17 heavy (non-hydrogen) atoms. The maximum Gasteiger partial charge on any atom is 0.123 e. The molecule has 0 saturated carbocycles. The van der Waals surface area contributed by atoms with Crippen LogP contribution in [0.2, 0.25) is 5.02 Å². The van der Waals surface area contributed by atoms with Crippen LogP contribution in [-0.2, 0) is 0 Å². The maximum atomic E-state index is 6.01. The van der Waals surface area contributed by atoms with Crippen molar-refractivity contribution >= 4 is 27.5 Å². The molecular weight excluding hydrogens is 303 g/mol. The summed E-state index contributed by atoms with van der Waals surface area (Å²) >= 11 is 9.65. The topological polar surface area (TPSA) is 22.4 Å². The van der Waals surface area contributed by atoms with Gasteiger partial charge in [-0.3, -0.25) is 0 Å². The summed E-state index contributed by atoms with van der Waals surface area (Å²) in [6.07, 6.45) is 1.73. The lowest BCUT2D eigenvalue weighted by Gasteiger charge is -2.13. The van der Waals surface area contributed by atoms with E-state index in [0.29, 0.717) is 5.02 Å². The number of ether oxygens (including phenoxy) is 1. The molecule has 0 saturated heterocycles. The number of rotatable bonds is 3. The third-order valence-corrected chi connectivity index (χ3v) is 3.77. The SMILES string of the molecule is COc1ccc(Cl)cc1C(Br)c1coc(C)c1. The lowest BCUT2D eigenvalue weighted by molar-refractivity contribution is 0.410. The summed E-state index contributed by atoms with van der Waals surface area (Å²) in [5.74, 6) is 1.68. The predicted molar refractivity (Wildman–Crippen MR) is 72.2 cm³/mol. The Balaban J connectivity index is 2.42. The zero-order valence-electron chi connectivity index (χ0n) is 9.54. The number of methoxy groups -OCH3 is 1. The highest BCUT2D eigenvalue weighted by atomic mass is 79.9. The molecule has 0 bridgehead atoms. The van der Waals surface area contributed by atoms with Gasteiger partial charge in [-0.15, -0.1) is 0 Å². The van der Waals surface area contributed by atoms with Crippen molar-refractivity contribution in [3.05, 3.63) is 52.4 Å². The molecule has 1 unspecified atom stereocenters. The highest BCUT2D eigenvalue weighted by molar-refractivity contribution is 9.09. The molecule has 1 aromatic heterocycles. The Labute approximate surface area is 114 Å². The summed E-state index contributed by atoms with van der Waals surface area (Å²) in [5, 5.41) is 0.686. The first-order valence-electron chi connectivity index (χ1n) is 5.14. The molecular formula is C13H12BrClO2. The molecule has 90 valence electrons. The maximum absolute atomic E-state index is 6.01. The Morgan fingerprint density at radius 3 is 2.71 bits per heavy atom. The van der Waals surface area contributed by atoms with Crippen molar-refractivity contribution in [2.24, 2.45) is 0 Å². The first-order chi connectivity index (χ1) is 8.11. The molecule has 0 radical (unpaired) electrons. The van der Waals surface area contributed by atoms with Gasteiger partial charge in [0.25, 0.3) is 0 Å².